The van der Waals surface area contributed by atoms with Crippen molar-refractivity contribution in [3.05, 3.63) is 60.2 Å². The van der Waals surface area contributed by atoms with E-state index in [0.29, 0.717) is 14.3 Å². The van der Waals surface area contributed by atoms with Crippen LogP contribution in [0.4, 0.5) is 0 Å². The van der Waals surface area contributed by atoms with E-state index in [1.54, 1.807) is 6.07 Å². The van der Waals surface area contributed by atoms with Crippen LogP contribution in [0.15, 0.2) is 54.6 Å². The monoisotopic (exact) mass is 216 g/mol. The Bertz CT molecular complexity index is 426. The molecule has 2 heteroatoms. The van der Waals surface area contributed by atoms with Gasteiger partial charge < -0.3 is 5.11 Å². The molecular formula is C13H13OP. The van der Waals surface area contributed by atoms with E-state index in [-0.39, 0.29) is 0 Å². The van der Waals surface area contributed by atoms with Crippen molar-refractivity contribution < 1.29 is 5.11 Å². The molecule has 0 spiro atoms. The van der Waals surface area contributed by atoms with Crippen molar-refractivity contribution in [2.75, 3.05) is 0 Å². The van der Waals surface area contributed by atoms with Gasteiger partial charge in [-0.2, -0.15) is 0 Å². The number of aromatic hydroxyl groups is 1. The largest absolute Gasteiger partial charge is 0.507 e. The lowest BCUT2D eigenvalue weighted by molar-refractivity contribution is 0.480. The fraction of sp³-hybridized carbons (Fsp3) is 0.0769. The number of hydrogen-bond donors (Lipinski definition) is 1. The number of phenols is 1. The van der Waals surface area contributed by atoms with Gasteiger partial charge in [-0.05, 0) is 17.8 Å². The van der Waals surface area contributed by atoms with Crippen LogP contribution in [0, 0.1) is 0 Å². The minimum absolute atomic E-state index is 0.409. The molecule has 0 radical (unpaired) electrons. The molecule has 0 bridgehead atoms. The topological polar surface area (TPSA) is 20.2 Å². The summed E-state index contributed by atoms with van der Waals surface area (Å²) in [6.07, 6.45) is 0.998. The van der Waals surface area contributed by atoms with Gasteiger partial charge in [0, 0.05) is 5.30 Å². The molecule has 1 unspecified atom stereocenters. The molecule has 0 aromatic heterocycles. The first-order valence-corrected chi connectivity index (χ1v) is 6.13. The van der Waals surface area contributed by atoms with E-state index >= 15 is 0 Å². The van der Waals surface area contributed by atoms with Crippen molar-refractivity contribution in [1.29, 1.82) is 0 Å². The van der Waals surface area contributed by atoms with Crippen molar-refractivity contribution in [3.8, 4) is 5.75 Å². The summed E-state index contributed by atoms with van der Waals surface area (Å²) in [6, 6.07) is 17.9. The molecule has 1 N–H and O–H groups in total. The van der Waals surface area contributed by atoms with E-state index in [0.717, 1.165) is 11.5 Å². The second-order valence-corrected chi connectivity index (χ2v) is 4.60. The minimum atomic E-state index is 0.409. The molecular weight excluding hydrogens is 203 g/mol. The molecule has 0 amide bonds. The molecule has 2 aromatic rings. The van der Waals surface area contributed by atoms with Crippen LogP contribution in [0.2, 0.25) is 0 Å². The smallest absolute Gasteiger partial charge is 0.122 e. The van der Waals surface area contributed by atoms with E-state index < -0.39 is 0 Å². The van der Waals surface area contributed by atoms with Gasteiger partial charge in [-0.25, -0.2) is 0 Å². The fourth-order valence-electron chi connectivity index (χ4n) is 1.42. The molecule has 0 heterocycles. The van der Waals surface area contributed by atoms with Crippen LogP contribution < -0.4 is 5.30 Å². The molecule has 0 fully saturated rings. The van der Waals surface area contributed by atoms with Gasteiger partial charge in [-0.1, -0.05) is 57.1 Å². The highest BCUT2D eigenvalue weighted by Gasteiger charge is 1.99. The first kappa shape index (κ1) is 10.2. The predicted molar refractivity (Wildman–Crippen MR) is 66.2 cm³/mol. The average Bonchev–Trinajstić information content (AvgIpc) is 2.29. The lowest BCUT2D eigenvalue weighted by atomic mass is 10.2. The summed E-state index contributed by atoms with van der Waals surface area (Å²) in [5, 5.41) is 10.6. The zero-order valence-electron chi connectivity index (χ0n) is 8.35. The van der Waals surface area contributed by atoms with E-state index in [4.69, 9.17) is 0 Å². The Morgan fingerprint density at radius 3 is 2.27 bits per heavy atom. The van der Waals surface area contributed by atoms with Gasteiger partial charge in [-0.15, -0.1) is 0 Å². The van der Waals surface area contributed by atoms with Crippen LogP contribution in [0.25, 0.3) is 0 Å². The average molecular weight is 216 g/mol. The van der Waals surface area contributed by atoms with Crippen LogP contribution in [0.3, 0.4) is 0 Å². The maximum atomic E-state index is 9.60. The van der Waals surface area contributed by atoms with Gasteiger partial charge >= 0.3 is 0 Å². The number of benzene rings is 2. The third kappa shape index (κ3) is 2.81. The Balaban J connectivity index is 2.03. The SMILES string of the molecule is Oc1ccccc1PCc1ccccc1. The van der Waals surface area contributed by atoms with Crippen LogP contribution in [0.1, 0.15) is 5.56 Å². The fourth-order valence-corrected chi connectivity index (χ4v) is 2.53. The molecule has 1 atom stereocenters. The van der Waals surface area contributed by atoms with Crippen LogP contribution in [-0.2, 0) is 6.16 Å². The maximum Gasteiger partial charge on any atom is 0.122 e. The normalized spacial score (nSPS) is 10.9. The van der Waals surface area contributed by atoms with Crippen LogP contribution in [0.5, 0.6) is 5.75 Å². The van der Waals surface area contributed by atoms with Gasteiger partial charge in [-0.3, -0.25) is 0 Å². The highest BCUT2D eigenvalue weighted by molar-refractivity contribution is 7.46. The van der Waals surface area contributed by atoms with Crippen LogP contribution in [-0.4, -0.2) is 5.11 Å². The highest BCUT2D eigenvalue weighted by atomic mass is 31.1. The summed E-state index contributed by atoms with van der Waals surface area (Å²) in [4.78, 5) is 0. The summed E-state index contributed by atoms with van der Waals surface area (Å²) in [7, 11) is 0.631. The van der Waals surface area contributed by atoms with Gasteiger partial charge in [0.1, 0.15) is 5.75 Å². The van der Waals surface area contributed by atoms with Gasteiger partial charge in [0.2, 0.25) is 0 Å². The molecule has 0 aliphatic carbocycles. The number of hydrogen-bond acceptors (Lipinski definition) is 1. The van der Waals surface area contributed by atoms with Gasteiger partial charge in [0.15, 0.2) is 0 Å². The lowest BCUT2D eigenvalue weighted by Gasteiger charge is -2.04. The van der Waals surface area contributed by atoms with Crippen molar-refractivity contribution in [3.63, 3.8) is 0 Å². The standard InChI is InChI=1S/C13H13OP/c14-12-8-4-5-9-13(12)15-10-11-6-2-1-3-7-11/h1-9,14-15H,10H2. The van der Waals surface area contributed by atoms with Crippen molar-refractivity contribution in [1.82, 2.24) is 0 Å². The molecule has 0 aliphatic rings. The quantitative estimate of drug-likeness (QED) is 0.782. The Hall–Kier alpha value is -1.33. The van der Waals surface area contributed by atoms with Gasteiger partial charge in [0.25, 0.3) is 0 Å². The Morgan fingerprint density at radius 2 is 1.53 bits per heavy atom. The predicted octanol–water partition coefficient (Wildman–Crippen LogP) is 2.90. The molecule has 76 valence electrons. The second kappa shape index (κ2) is 4.95. The Labute approximate surface area is 91.6 Å². The second-order valence-electron chi connectivity index (χ2n) is 3.36. The van der Waals surface area contributed by atoms with Crippen molar-refractivity contribution >= 4 is 13.9 Å². The Kier molecular flexibility index (Phi) is 3.37. The molecule has 1 nitrogen and oxygen atoms in total. The van der Waals surface area contributed by atoms with E-state index in [2.05, 4.69) is 12.1 Å². The maximum absolute atomic E-state index is 9.60. The highest BCUT2D eigenvalue weighted by Crippen LogP contribution is 2.22. The van der Waals surface area contributed by atoms with E-state index in [9.17, 15) is 5.11 Å². The summed E-state index contributed by atoms with van der Waals surface area (Å²) < 4.78 is 0. The van der Waals surface area contributed by atoms with Crippen molar-refractivity contribution in [2.24, 2.45) is 0 Å². The van der Waals surface area contributed by atoms with Gasteiger partial charge in [0.05, 0.1) is 0 Å². The third-order valence-corrected chi connectivity index (χ3v) is 3.62. The first-order chi connectivity index (χ1) is 7.36. The summed E-state index contributed by atoms with van der Waals surface area (Å²) in [5.41, 5.74) is 1.32. The number of rotatable bonds is 3. The molecule has 0 saturated carbocycles. The zero-order chi connectivity index (χ0) is 10.5. The summed E-state index contributed by atoms with van der Waals surface area (Å²) in [6.45, 7) is 0. The molecule has 2 aromatic carbocycles. The molecule has 15 heavy (non-hydrogen) atoms. The first-order valence-electron chi connectivity index (χ1n) is 4.92. The molecule has 2 rings (SSSR count). The molecule has 0 saturated heterocycles. The molecule has 0 aliphatic heterocycles. The van der Waals surface area contributed by atoms with Crippen LogP contribution >= 0.6 is 8.58 Å². The summed E-state index contributed by atoms with van der Waals surface area (Å²) >= 11 is 0. The van der Waals surface area contributed by atoms with Crippen molar-refractivity contribution in [2.45, 2.75) is 6.16 Å². The lowest BCUT2D eigenvalue weighted by Crippen LogP contribution is -1.94. The minimum Gasteiger partial charge on any atom is -0.507 e. The van der Waals surface area contributed by atoms with E-state index in [1.165, 1.54) is 5.56 Å². The Morgan fingerprint density at radius 1 is 0.867 bits per heavy atom. The zero-order valence-corrected chi connectivity index (χ0v) is 9.35. The number of phenolic OH excluding ortho intramolecular Hbond substituents is 1. The van der Waals surface area contributed by atoms with E-state index in [1.807, 2.05) is 36.4 Å². The third-order valence-electron chi connectivity index (χ3n) is 2.23. The number of para-hydroxylation sites is 1. The summed E-state index contributed by atoms with van der Waals surface area (Å²) in [5.74, 6) is 0.409.